The van der Waals surface area contributed by atoms with E-state index in [-0.39, 0.29) is 11.8 Å². The summed E-state index contributed by atoms with van der Waals surface area (Å²) in [6.07, 6.45) is 0.907. The Morgan fingerprint density at radius 3 is 2.12 bits per heavy atom. The normalized spacial score (nSPS) is 10.2. The van der Waals surface area contributed by atoms with Gasteiger partial charge in [0.05, 0.1) is 0 Å². The lowest BCUT2D eigenvalue weighted by atomic mass is 10.2. The molecular formula is C11H23N3O2. The van der Waals surface area contributed by atoms with Crippen molar-refractivity contribution in [2.24, 2.45) is 5.92 Å². The van der Waals surface area contributed by atoms with Gasteiger partial charge in [-0.05, 0) is 5.92 Å². The predicted molar refractivity (Wildman–Crippen MR) is 64.0 cm³/mol. The highest BCUT2D eigenvalue weighted by Crippen LogP contribution is 1.88. The third-order valence-electron chi connectivity index (χ3n) is 2.04. The molecular weight excluding hydrogens is 206 g/mol. The van der Waals surface area contributed by atoms with Crippen molar-refractivity contribution in [3.8, 4) is 0 Å². The van der Waals surface area contributed by atoms with E-state index in [0.29, 0.717) is 31.8 Å². The first kappa shape index (κ1) is 14.9. The van der Waals surface area contributed by atoms with Crippen molar-refractivity contribution >= 4 is 11.8 Å². The maximum Gasteiger partial charge on any atom is 0.221 e. The van der Waals surface area contributed by atoms with E-state index in [9.17, 15) is 9.59 Å². The predicted octanol–water partition coefficient (Wildman–Crippen LogP) is -0.126. The molecule has 0 aliphatic carbocycles. The summed E-state index contributed by atoms with van der Waals surface area (Å²) in [5.74, 6) is 0.545. The summed E-state index contributed by atoms with van der Waals surface area (Å²) >= 11 is 0. The highest BCUT2D eigenvalue weighted by atomic mass is 16.2. The van der Waals surface area contributed by atoms with Gasteiger partial charge in [-0.25, -0.2) is 0 Å². The van der Waals surface area contributed by atoms with E-state index in [2.05, 4.69) is 29.8 Å². The lowest BCUT2D eigenvalue weighted by Gasteiger charge is -2.08. The third kappa shape index (κ3) is 9.45. The Labute approximate surface area is 97.4 Å². The highest BCUT2D eigenvalue weighted by Gasteiger charge is 2.02. The second-order valence-electron chi connectivity index (χ2n) is 4.12. The second kappa shape index (κ2) is 9.15. The van der Waals surface area contributed by atoms with Crippen LogP contribution in [0.3, 0.4) is 0 Å². The fourth-order valence-corrected chi connectivity index (χ4v) is 1.06. The van der Waals surface area contributed by atoms with Gasteiger partial charge in [-0.15, -0.1) is 0 Å². The number of rotatable bonds is 8. The summed E-state index contributed by atoms with van der Waals surface area (Å²) in [5.41, 5.74) is 0. The molecule has 16 heavy (non-hydrogen) atoms. The van der Waals surface area contributed by atoms with Crippen LogP contribution in [0.2, 0.25) is 0 Å². The van der Waals surface area contributed by atoms with E-state index in [1.165, 1.54) is 0 Å². The molecule has 0 rings (SSSR count). The molecule has 0 aromatic carbocycles. The Balaban J connectivity index is 3.31. The summed E-state index contributed by atoms with van der Waals surface area (Å²) < 4.78 is 0. The molecule has 0 atom stereocenters. The molecule has 0 unspecified atom stereocenters. The van der Waals surface area contributed by atoms with E-state index in [1.54, 1.807) is 7.05 Å². The molecule has 3 N–H and O–H groups in total. The zero-order valence-corrected chi connectivity index (χ0v) is 10.4. The van der Waals surface area contributed by atoms with Gasteiger partial charge in [0.15, 0.2) is 0 Å². The van der Waals surface area contributed by atoms with Crippen LogP contribution in [0.1, 0.15) is 26.7 Å². The van der Waals surface area contributed by atoms with Crippen molar-refractivity contribution in [2.45, 2.75) is 26.7 Å². The number of carbonyl (C=O) groups is 2. The van der Waals surface area contributed by atoms with Crippen LogP contribution in [-0.4, -0.2) is 38.5 Å². The van der Waals surface area contributed by atoms with Crippen molar-refractivity contribution < 1.29 is 9.59 Å². The van der Waals surface area contributed by atoms with Crippen LogP contribution in [0.5, 0.6) is 0 Å². The van der Waals surface area contributed by atoms with Crippen LogP contribution in [-0.2, 0) is 9.59 Å². The van der Waals surface area contributed by atoms with Gasteiger partial charge in [-0.3, -0.25) is 9.59 Å². The van der Waals surface area contributed by atoms with Gasteiger partial charge in [0.1, 0.15) is 0 Å². The number of nitrogens with one attached hydrogen (secondary N) is 3. The largest absolute Gasteiger partial charge is 0.359 e. The fraction of sp³-hybridized carbons (Fsp3) is 0.818. The molecule has 0 spiro atoms. The first-order valence-corrected chi connectivity index (χ1v) is 5.74. The van der Waals surface area contributed by atoms with E-state index < -0.39 is 0 Å². The zero-order chi connectivity index (χ0) is 12.4. The Morgan fingerprint density at radius 2 is 1.62 bits per heavy atom. The third-order valence-corrected chi connectivity index (χ3v) is 2.04. The zero-order valence-electron chi connectivity index (χ0n) is 10.4. The second-order valence-corrected chi connectivity index (χ2v) is 4.12. The summed E-state index contributed by atoms with van der Waals surface area (Å²) in [4.78, 5) is 22.1. The maximum atomic E-state index is 11.3. The molecule has 94 valence electrons. The fourth-order valence-electron chi connectivity index (χ4n) is 1.06. The molecule has 0 radical (unpaired) electrons. The molecule has 0 fully saturated rings. The molecule has 0 aromatic rings. The molecule has 5 heteroatoms. The SMILES string of the molecule is CNC(=O)CCNCCC(=O)NCC(C)C. The van der Waals surface area contributed by atoms with E-state index in [4.69, 9.17) is 0 Å². The Kier molecular flexibility index (Phi) is 8.52. The van der Waals surface area contributed by atoms with Crippen LogP contribution < -0.4 is 16.0 Å². The average Bonchev–Trinajstić information content (AvgIpc) is 2.25. The number of carbonyl (C=O) groups excluding carboxylic acids is 2. The molecule has 0 aliphatic rings. The minimum absolute atomic E-state index is 0.0109. The number of hydrogen-bond donors (Lipinski definition) is 3. The van der Waals surface area contributed by atoms with Crippen molar-refractivity contribution in [2.75, 3.05) is 26.7 Å². The van der Waals surface area contributed by atoms with Crippen LogP contribution in [0, 0.1) is 5.92 Å². The molecule has 5 nitrogen and oxygen atoms in total. The molecule has 0 aromatic heterocycles. The molecule has 0 saturated carbocycles. The lowest BCUT2D eigenvalue weighted by Crippen LogP contribution is -2.31. The smallest absolute Gasteiger partial charge is 0.221 e. The minimum atomic E-state index is 0.0109. The Morgan fingerprint density at radius 1 is 1.06 bits per heavy atom. The summed E-state index contributed by atoms with van der Waals surface area (Å²) in [5, 5.41) is 8.42. The molecule has 0 heterocycles. The van der Waals surface area contributed by atoms with Crippen molar-refractivity contribution in [1.29, 1.82) is 0 Å². The van der Waals surface area contributed by atoms with Gasteiger partial charge in [0, 0.05) is 39.5 Å². The van der Waals surface area contributed by atoms with E-state index >= 15 is 0 Å². The Bertz CT molecular complexity index is 217. The van der Waals surface area contributed by atoms with Gasteiger partial charge in [0.2, 0.25) is 11.8 Å². The quantitative estimate of drug-likeness (QED) is 0.508. The van der Waals surface area contributed by atoms with Crippen LogP contribution in [0.15, 0.2) is 0 Å². The molecule has 0 aliphatic heterocycles. The highest BCUT2D eigenvalue weighted by molar-refractivity contribution is 5.76. The topological polar surface area (TPSA) is 70.2 Å². The standard InChI is InChI=1S/C11H23N3O2/c1-9(2)8-14-11(16)5-7-13-6-4-10(15)12-3/h9,13H,4-8H2,1-3H3,(H,12,15)(H,14,16). The summed E-state index contributed by atoms with van der Waals surface area (Å²) in [7, 11) is 1.61. The van der Waals surface area contributed by atoms with Crippen molar-refractivity contribution in [3.05, 3.63) is 0 Å². The van der Waals surface area contributed by atoms with Crippen LogP contribution in [0.4, 0.5) is 0 Å². The first-order chi connectivity index (χ1) is 7.56. The van der Waals surface area contributed by atoms with E-state index in [0.717, 1.165) is 6.54 Å². The number of hydrogen-bond acceptors (Lipinski definition) is 3. The maximum absolute atomic E-state index is 11.3. The first-order valence-electron chi connectivity index (χ1n) is 5.74. The minimum Gasteiger partial charge on any atom is -0.359 e. The van der Waals surface area contributed by atoms with Crippen LogP contribution in [0.25, 0.3) is 0 Å². The molecule has 2 amide bonds. The van der Waals surface area contributed by atoms with Gasteiger partial charge in [-0.1, -0.05) is 13.8 Å². The average molecular weight is 229 g/mol. The van der Waals surface area contributed by atoms with Gasteiger partial charge >= 0.3 is 0 Å². The van der Waals surface area contributed by atoms with E-state index in [1.807, 2.05) is 0 Å². The van der Waals surface area contributed by atoms with Gasteiger partial charge in [0.25, 0.3) is 0 Å². The monoisotopic (exact) mass is 229 g/mol. The Hall–Kier alpha value is -1.10. The van der Waals surface area contributed by atoms with Crippen LogP contribution >= 0.6 is 0 Å². The summed E-state index contributed by atoms with van der Waals surface area (Å²) in [6, 6.07) is 0. The summed E-state index contributed by atoms with van der Waals surface area (Å²) in [6.45, 7) is 6.05. The number of amides is 2. The van der Waals surface area contributed by atoms with Crippen molar-refractivity contribution in [1.82, 2.24) is 16.0 Å². The lowest BCUT2D eigenvalue weighted by molar-refractivity contribution is -0.121. The molecule has 0 saturated heterocycles. The van der Waals surface area contributed by atoms with Crippen molar-refractivity contribution in [3.63, 3.8) is 0 Å². The van der Waals surface area contributed by atoms with Gasteiger partial charge < -0.3 is 16.0 Å². The molecule has 0 bridgehead atoms. The van der Waals surface area contributed by atoms with Gasteiger partial charge in [-0.2, -0.15) is 0 Å².